The number of carbonyl (C=O) groups excluding carboxylic acids is 2. The number of nitrogens with one attached hydrogen (secondary N) is 1. The number of nitrogens with zero attached hydrogens (tertiary/aromatic N) is 1. The standard InChI is InChI=1S/C24H30N2O4/c1-18(21-7-3-4-8-22(21)26-13-5-2-6-14-26)25-23(28)17-19-9-11-20(12-10-19)24(29)30-16-15-27/h3-4,7-12,18,27H,2,5-6,13-17H2,1H3,(H,25,28). The SMILES string of the molecule is CC(NC(=O)Cc1ccc(C(=O)OCCO)cc1)c1ccccc1N1CCCCC1. The number of anilines is 1. The van der Waals surface area contributed by atoms with Crippen LogP contribution in [-0.4, -0.2) is 43.3 Å². The summed E-state index contributed by atoms with van der Waals surface area (Å²) in [6.45, 7) is 3.90. The number of amides is 1. The largest absolute Gasteiger partial charge is 0.460 e. The number of rotatable bonds is 8. The maximum absolute atomic E-state index is 12.6. The molecule has 1 atom stereocenters. The van der Waals surface area contributed by atoms with Crippen LogP contribution in [0.2, 0.25) is 0 Å². The molecule has 0 aliphatic carbocycles. The normalized spacial score (nSPS) is 14.8. The Kier molecular flexibility index (Phi) is 7.85. The second-order valence-corrected chi connectivity index (χ2v) is 7.63. The third-order valence-electron chi connectivity index (χ3n) is 5.36. The van der Waals surface area contributed by atoms with Crippen LogP contribution in [0.25, 0.3) is 0 Å². The van der Waals surface area contributed by atoms with Crippen molar-refractivity contribution in [2.24, 2.45) is 0 Å². The van der Waals surface area contributed by atoms with Gasteiger partial charge in [0.05, 0.1) is 24.6 Å². The third kappa shape index (κ3) is 5.83. The van der Waals surface area contributed by atoms with Gasteiger partial charge in [0.25, 0.3) is 0 Å². The number of para-hydroxylation sites is 1. The smallest absolute Gasteiger partial charge is 0.338 e. The Bertz CT molecular complexity index is 845. The first-order valence-electron chi connectivity index (χ1n) is 10.6. The van der Waals surface area contributed by atoms with Gasteiger partial charge in [-0.15, -0.1) is 0 Å². The molecule has 160 valence electrons. The summed E-state index contributed by atoms with van der Waals surface area (Å²) < 4.78 is 4.89. The summed E-state index contributed by atoms with van der Waals surface area (Å²) in [5.41, 5.74) is 3.56. The summed E-state index contributed by atoms with van der Waals surface area (Å²) in [6, 6.07) is 15.0. The van der Waals surface area contributed by atoms with E-state index in [9.17, 15) is 9.59 Å². The van der Waals surface area contributed by atoms with Gasteiger partial charge in [0, 0.05) is 18.8 Å². The van der Waals surface area contributed by atoms with E-state index < -0.39 is 5.97 Å². The van der Waals surface area contributed by atoms with Crippen molar-refractivity contribution >= 4 is 17.6 Å². The van der Waals surface area contributed by atoms with E-state index in [1.807, 2.05) is 13.0 Å². The molecule has 1 heterocycles. The van der Waals surface area contributed by atoms with Gasteiger partial charge in [-0.2, -0.15) is 0 Å². The third-order valence-corrected chi connectivity index (χ3v) is 5.36. The van der Waals surface area contributed by atoms with Crippen molar-refractivity contribution in [3.05, 3.63) is 65.2 Å². The zero-order valence-electron chi connectivity index (χ0n) is 17.5. The molecule has 3 rings (SSSR count). The van der Waals surface area contributed by atoms with Crippen molar-refractivity contribution in [3.63, 3.8) is 0 Å². The quantitative estimate of drug-likeness (QED) is 0.653. The summed E-state index contributed by atoms with van der Waals surface area (Å²) >= 11 is 0. The molecule has 0 spiro atoms. The Hall–Kier alpha value is -2.86. The monoisotopic (exact) mass is 410 g/mol. The van der Waals surface area contributed by atoms with Crippen LogP contribution >= 0.6 is 0 Å². The number of hydrogen-bond acceptors (Lipinski definition) is 5. The van der Waals surface area contributed by atoms with E-state index in [1.54, 1.807) is 24.3 Å². The molecule has 30 heavy (non-hydrogen) atoms. The van der Waals surface area contributed by atoms with E-state index in [2.05, 4.69) is 28.4 Å². The highest BCUT2D eigenvalue weighted by atomic mass is 16.5. The summed E-state index contributed by atoms with van der Waals surface area (Å²) in [7, 11) is 0. The average molecular weight is 411 g/mol. The fourth-order valence-corrected chi connectivity index (χ4v) is 3.81. The Balaban J connectivity index is 1.59. The van der Waals surface area contributed by atoms with E-state index >= 15 is 0 Å². The molecule has 6 nitrogen and oxygen atoms in total. The van der Waals surface area contributed by atoms with Crippen LogP contribution in [0.5, 0.6) is 0 Å². The molecule has 1 aliphatic rings. The highest BCUT2D eigenvalue weighted by molar-refractivity contribution is 5.89. The van der Waals surface area contributed by atoms with Gasteiger partial charge >= 0.3 is 5.97 Å². The fraction of sp³-hybridized carbons (Fsp3) is 0.417. The highest BCUT2D eigenvalue weighted by Crippen LogP contribution is 2.28. The highest BCUT2D eigenvalue weighted by Gasteiger charge is 2.19. The van der Waals surface area contributed by atoms with Crippen LogP contribution in [0.15, 0.2) is 48.5 Å². The fourth-order valence-electron chi connectivity index (χ4n) is 3.81. The van der Waals surface area contributed by atoms with Gasteiger partial charge in [-0.25, -0.2) is 4.79 Å². The molecule has 6 heteroatoms. The van der Waals surface area contributed by atoms with Crippen LogP contribution in [0.4, 0.5) is 5.69 Å². The number of ether oxygens (including phenoxy) is 1. The molecule has 2 aromatic rings. The lowest BCUT2D eigenvalue weighted by Crippen LogP contribution is -2.33. The van der Waals surface area contributed by atoms with E-state index in [1.165, 1.54) is 24.9 Å². The molecule has 2 aromatic carbocycles. The number of aliphatic hydroxyl groups is 1. The second-order valence-electron chi connectivity index (χ2n) is 7.63. The minimum Gasteiger partial charge on any atom is -0.460 e. The molecule has 2 N–H and O–H groups in total. The lowest BCUT2D eigenvalue weighted by molar-refractivity contribution is -0.121. The van der Waals surface area contributed by atoms with E-state index in [0.29, 0.717) is 5.56 Å². The van der Waals surface area contributed by atoms with Crippen molar-refractivity contribution < 1.29 is 19.4 Å². The van der Waals surface area contributed by atoms with Crippen molar-refractivity contribution in [2.45, 2.75) is 38.6 Å². The molecule has 0 bridgehead atoms. The maximum atomic E-state index is 12.6. The number of piperidine rings is 1. The Morgan fingerprint density at radius 3 is 2.47 bits per heavy atom. The average Bonchev–Trinajstić information content (AvgIpc) is 2.78. The molecular weight excluding hydrogens is 380 g/mol. The molecule has 1 unspecified atom stereocenters. The van der Waals surface area contributed by atoms with Gasteiger partial charge in [-0.05, 0) is 55.5 Å². The first-order chi connectivity index (χ1) is 14.6. The van der Waals surface area contributed by atoms with Crippen LogP contribution in [0.1, 0.15) is 53.7 Å². The van der Waals surface area contributed by atoms with Crippen LogP contribution in [0, 0.1) is 0 Å². The van der Waals surface area contributed by atoms with Crippen molar-refractivity contribution in [3.8, 4) is 0 Å². The van der Waals surface area contributed by atoms with E-state index in [-0.39, 0.29) is 31.6 Å². The predicted molar refractivity (Wildman–Crippen MR) is 117 cm³/mol. The maximum Gasteiger partial charge on any atom is 0.338 e. The van der Waals surface area contributed by atoms with Crippen LogP contribution < -0.4 is 10.2 Å². The number of esters is 1. The Morgan fingerprint density at radius 1 is 1.07 bits per heavy atom. The molecule has 1 aliphatic heterocycles. The summed E-state index contributed by atoms with van der Waals surface area (Å²) in [5.74, 6) is -0.547. The van der Waals surface area contributed by atoms with Crippen LogP contribution in [0.3, 0.4) is 0 Å². The minimum atomic E-state index is -0.483. The first-order valence-corrected chi connectivity index (χ1v) is 10.6. The lowest BCUT2D eigenvalue weighted by atomic mass is 10.0. The molecule has 1 fully saturated rings. The summed E-state index contributed by atoms with van der Waals surface area (Å²) in [4.78, 5) is 26.8. The van der Waals surface area contributed by atoms with Crippen molar-refractivity contribution in [2.75, 3.05) is 31.2 Å². The minimum absolute atomic E-state index is 0.0280. The van der Waals surface area contributed by atoms with E-state index in [4.69, 9.17) is 9.84 Å². The number of hydrogen-bond donors (Lipinski definition) is 2. The predicted octanol–water partition coefficient (Wildman–Crippen LogP) is 3.25. The van der Waals surface area contributed by atoms with Crippen molar-refractivity contribution in [1.29, 1.82) is 0 Å². The van der Waals surface area contributed by atoms with Gasteiger partial charge in [0.1, 0.15) is 6.61 Å². The van der Waals surface area contributed by atoms with E-state index in [0.717, 1.165) is 24.2 Å². The Morgan fingerprint density at radius 2 is 1.77 bits per heavy atom. The second kappa shape index (κ2) is 10.8. The van der Waals surface area contributed by atoms with Gasteiger partial charge in [-0.3, -0.25) is 4.79 Å². The number of aliphatic hydroxyl groups excluding tert-OH is 1. The van der Waals surface area contributed by atoms with Gasteiger partial charge in [0.15, 0.2) is 0 Å². The first kappa shape index (κ1) is 21.8. The molecular formula is C24H30N2O4. The van der Waals surface area contributed by atoms with Crippen LogP contribution in [-0.2, 0) is 16.0 Å². The molecule has 0 saturated carbocycles. The van der Waals surface area contributed by atoms with Gasteiger partial charge < -0.3 is 20.1 Å². The zero-order chi connectivity index (χ0) is 21.3. The Labute approximate surface area is 177 Å². The number of carbonyl (C=O) groups is 2. The molecule has 0 radical (unpaired) electrons. The summed E-state index contributed by atoms with van der Waals surface area (Å²) in [5, 5.41) is 11.8. The lowest BCUT2D eigenvalue weighted by Gasteiger charge is -2.32. The van der Waals surface area contributed by atoms with Gasteiger partial charge in [0.2, 0.25) is 5.91 Å². The number of benzene rings is 2. The zero-order valence-corrected chi connectivity index (χ0v) is 17.5. The summed E-state index contributed by atoms with van der Waals surface area (Å²) in [6.07, 6.45) is 3.93. The van der Waals surface area contributed by atoms with Gasteiger partial charge in [-0.1, -0.05) is 30.3 Å². The topological polar surface area (TPSA) is 78.9 Å². The molecule has 1 saturated heterocycles. The molecule has 0 aromatic heterocycles. The molecule has 1 amide bonds. The van der Waals surface area contributed by atoms with Crippen molar-refractivity contribution in [1.82, 2.24) is 5.32 Å².